The van der Waals surface area contributed by atoms with Crippen LogP contribution in [0.25, 0.3) is 98.4 Å². The second-order valence-corrected chi connectivity index (χ2v) is 9.85. The van der Waals surface area contributed by atoms with E-state index in [4.69, 9.17) is 29.4 Å². The van der Waals surface area contributed by atoms with Crippen molar-refractivity contribution >= 4 is 76.2 Å². The molecule has 0 spiro atoms. The van der Waals surface area contributed by atoms with Gasteiger partial charge in [0.15, 0.2) is 0 Å². The Morgan fingerprint density at radius 2 is 0.955 bits per heavy atom. The standard InChI is InChI=1S/C42H24O2/c1-2-11-26-22-27(21-20-25(26)10-1)40-29-13-3-5-15-31(29)41(32-16-6-4-14-30(32)40)33-17-9-19-37-42(33)35-24-38-34(23-39(35)44-37)28-12-7-8-18-36(28)43-38/h1-24H/i1D,2D,3D,4D,5D,6D,7D,8D,9D,10D,11D,12D,13D,14D,15D,16D,17D,18D,19D,20D,22D,23D,24D. The molecule has 0 aliphatic heterocycles. The second kappa shape index (κ2) is 8.82. The van der Waals surface area contributed by atoms with Crippen LogP contribution in [0.5, 0.6) is 0 Å². The lowest BCUT2D eigenvalue weighted by Gasteiger charge is -2.18. The van der Waals surface area contributed by atoms with E-state index in [1.807, 2.05) is 0 Å². The van der Waals surface area contributed by atoms with E-state index in [9.17, 15) is 11.0 Å². The summed E-state index contributed by atoms with van der Waals surface area (Å²) in [5, 5.41) is -4.50. The molecule has 0 saturated heterocycles. The summed E-state index contributed by atoms with van der Waals surface area (Å²) in [6, 6.07) is -16.6. The van der Waals surface area contributed by atoms with Crippen LogP contribution in [0.15, 0.2) is 154 Å². The van der Waals surface area contributed by atoms with Gasteiger partial charge in [-0.2, -0.15) is 0 Å². The molecule has 2 heterocycles. The molecule has 44 heavy (non-hydrogen) atoms. The van der Waals surface area contributed by atoms with E-state index in [0.717, 1.165) is 6.07 Å². The van der Waals surface area contributed by atoms with Gasteiger partial charge < -0.3 is 8.83 Å². The highest BCUT2D eigenvalue weighted by atomic mass is 16.3. The summed E-state index contributed by atoms with van der Waals surface area (Å²) in [5.74, 6) is 0. The molecular weight excluding hydrogens is 536 g/mol. The zero-order chi connectivity index (χ0) is 48.8. The van der Waals surface area contributed by atoms with Crippen LogP contribution in [0, 0.1) is 0 Å². The Hall–Kier alpha value is -5.86. The van der Waals surface area contributed by atoms with Crippen LogP contribution in [-0.4, -0.2) is 0 Å². The number of para-hydroxylation sites is 1. The lowest BCUT2D eigenvalue weighted by molar-refractivity contribution is 0.664. The maximum atomic E-state index is 9.52. The van der Waals surface area contributed by atoms with Gasteiger partial charge in [0, 0.05) is 21.5 Å². The Balaban J connectivity index is 1.53. The summed E-state index contributed by atoms with van der Waals surface area (Å²) in [4.78, 5) is 0. The minimum absolute atomic E-state index is 0.274. The van der Waals surface area contributed by atoms with Gasteiger partial charge in [0.05, 0.1) is 31.5 Å². The Morgan fingerprint density at radius 1 is 0.386 bits per heavy atom. The molecule has 10 aromatic rings. The van der Waals surface area contributed by atoms with Crippen LogP contribution in [0.2, 0.25) is 0 Å². The van der Waals surface area contributed by atoms with Crippen molar-refractivity contribution in [2.45, 2.75) is 0 Å². The Morgan fingerprint density at radius 3 is 1.73 bits per heavy atom. The molecule has 0 atom stereocenters. The third-order valence-electron chi connectivity index (χ3n) is 7.54. The quantitative estimate of drug-likeness (QED) is 0.189. The van der Waals surface area contributed by atoms with Gasteiger partial charge in [-0.15, -0.1) is 0 Å². The first-order chi connectivity index (χ1) is 31.4. The Kier molecular flexibility index (Phi) is 2.14. The van der Waals surface area contributed by atoms with Gasteiger partial charge in [-0.05, 0) is 84.8 Å². The second-order valence-electron chi connectivity index (χ2n) is 9.85. The van der Waals surface area contributed by atoms with Crippen LogP contribution in [0.1, 0.15) is 31.5 Å². The van der Waals surface area contributed by atoms with E-state index >= 15 is 0 Å². The molecule has 0 unspecified atom stereocenters. The van der Waals surface area contributed by atoms with Crippen molar-refractivity contribution in [1.82, 2.24) is 0 Å². The molecule has 0 radical (unpaired) electrons. The molecule has 2 aromatic heterocycles. The van der Waals surface area contributed by atoms with Crippen LogP contribution >= 0.6 is 0 Å². The summed E-state index contributed by atoms with van der Waals surface area (Å²) in [6.45, 7) is 0. The van der Waals surface area contributed by atoms with Gasteiger partial charge in [-0.25, -0.2) is 0 Å². The largest absolute Gasteiger partial charge is 0.456 e. The molecule has 0 saturated carbocycles. The highest BCUT2D eigenvalue weighted by molar-refractivity contribution is 6.26. The molecule has 0 amide bonds. The summed E-state index contributed by atoms with van der Waals surface area (Å²) >= 11 is 0. The van der Waals surface area contributed by atoms with E-state index in [1.54, 1.807) is 0 Å². The number of furan rings is 2. The van der Waals surface area contributed by atoms with Crippen molar-refractivity contribution in [2.24, 2.45) is 0 Å². The predicted octanol–water partition coefficient (Wildman–Crippen LogP) is 12.3. The third kappa shape index (κ3) is 3.25. The Labute approximate surface area is 284 Å². The zero-order valence-electron chi connectivity index (χ0n) is 44.9. The normalized spacial score (nSPS) is 19.4. The van der Waals surface area contributed by atoms with Crippen molar-refractivity contribution in [3.05, 3.63) is 145 Å². The van der Waals surface area contributed by atoms with Crippen LogP contribution in [-0.2, 0) is 0 Å². The highest BCUT2D eigenvalue weighted by Crippen LogP contribution is 2.47. The van der Waals surface area contributed by atoms with Gasteiger partial charge in [0.1, 0.15) is 22.3 Å². The van der Waals surface area contributed by atoms with Crippen molar-refractivity contribution < 1.29 is 40.4 Å². The number of rotatable bonds is 2. The molecule has 10 rings (SSSR count). The fraction of sp³-hybridized carbons (Fsp3) is 0. The monoisotopic (exact) mass is 583 g/mol. The van der Waals surface area contributed by atoms with E-state index in [0.29, 0.717) is 0 Å². The molecule has 0 aliphatic carbocycles. The molecular formula is C42H24O2. The number of benzene rings is 8. The molecule has 2 nitrogen and oxygen atoms in total. The SMILES string of the molecule is [2H]c1c([2H])c([2H])c2c(oc3c([2H])c4c(oc5c([2H])c([2H])c([2H])c(-c6c7c([2H])c([2H])c([2H])c([2H])c7c(-c7cc([2H])c8c([2H])c([2H])c([2H])c([2H])c8c7[2H])c7c([2H])c([2H])c([2H])c([2H])c67)c54)c([2H])c32)c1[2H]. The molecule has 8 aromatic carbocycles. The first-order valence-corrected chi connectivity index (χ1v) is 13.1. The molecule has 0 bridgehead atoms. The lowest BCUT2D eigenvalue weighted by atomic mass is 9.84. The van der Waals surface area contributed by atoms with Crippen molar-refractivity contribution in [3.8, 4) is 22.3 Å². The fourth-order valence-corrected chi connectivity index (χ4v) is 5.73. The lowest BCUT2D eigenvalue weighted by Crippen LogP contribution is -1.91. The first kappa shape index (κ1) is 10.7. The van der Waals surface area contributed by atoms with Crippen molar-refractivity contribution in [1.29, 1.82) is 0 Å². The fourth-order valence-electron chi connectivity index (χ4n) is 5.73. The van der Waals surface area contributed by atoms with E-state index in [2.05, 4.69) is 0 Å². The minimum atomic E-state index is -0.897. The Bertz CT molecular complexity index is 3990. The first-order valence-electron chi connectivity index (χ1n) is 24.6. The topological polar surface area (TPSA) is 26.3 Å². The minimum Gasteiger partial charge on any atom is -0.456 e. The highest BCUT2D eigenvalue weighted by Gasteiger charge is 2.21. The van der Waals surface area contributed by atoms with Crippen LogP contribution in [0.4, 0.5) is 0 Å². The van der Waals surface area contributed by atoms with Crippen molar-refractivity contribution in [2.75, 3.05) is 0 Å². The van der Waals surface area contributed by atoms with Gasteiger partial charge in [-0.3, -0.25) is 0 Å². The third-order valence-corrected chi connectivity index (χ3v) is 7.54. The molecule has 0 N–H and O–H groups in total. The summed E-state index contributed by atoms with van der Waals surface area (Å²) in [7, 11) is 0. The zero-order valence-corrected chi connectivity index (χ0v) is 21.9. The van der Waals surface area contributed by atoms with Gasteiger partial charge in [0.2, 0.25) is 0 Å². The smallest absolute Gasteiger partial charge is 0.136 e. The van der Waals surface area contributed by atoms with Crippen LogP contribution in [0.3, 0.4) is 0 Å². The number of hydrogen-bond acceptors (Lipinski definition) is 2. The predicted molar refractivity (Wildman–Crippen MR) is 184 cm³/mol. The molecule has 0 fully saturated rings. The maximum Gasteiger partial charge on any atom is 0.136 e. The average molecular weight is 584 g/mol. The van der Waals surface area contributed by atoms with Gasteiger partial charge in [-0.1, -0.05) is 115 Å². The van der Waals surface area contributed by atoms with E-state index in [-0.39, 0.29) is 16.2 Å². The average Bonchev–Trinajstić information content (AvgIpc) is 3.91. The van der Waals surface area contributed by atoms with Crippen LogP contribution < -0.4 is 0 Å². The summed E-state index contributed by atoms with van der Waals surface area (Å²) in [5.41, 5.74) is -3.99. The van der Waals surface area contributed by atoms with Gasteiger partial charge in [0.25, 0.3) is 0 Å². The van der Waals surface area contributed by atoms with E-state index < -0.39 is 221 Å². The molecule has 0 aliphatic rings. The number of fused-ring (bicyclic) bond motifs is 9. The molecule has 2 heteroatoms. The molecule has 204 valence electrons. The summed E-state index contributed by atoms with van der Waals surface area (Å²) < 4.78 is 217. The number of hydrogen-bond donors (Lipinski definition) is 0. The summed E-state index contributed by atoms with van der Waals surface area (Å²) in [6.07, 6.45) is 0. The maximum absolute atomic E-state index is 9.52. The van der Waals surface area contributed by atoms with Crippen molar-refractivity contribution in [3.63, 3.8) is 0 Å². The van der Waals surface area contributed by atoms with Gasteiger partial charge >= 0.3 is 0 Å². The van der Waals surface area contributed by atoms with E-state index in [1.165, 1.54) is 0 Å².